The lowest BCUT2D eigenvalue weighted by Gasteiger charge is -2.22. The van der Waals surface area contributed by atoms with Crippen molar-refractivity contribution in [1.82, 2.24) is 10.3 Å². The Kier molecular flexibility index (Phi) is 4.62. The number of thiophene rings is 1. The zero-order chi connectivity index (χ0) is 14.8. The van der Waals surface area contributed by atoms with Crippen LogP contribution in [0, 0.1) is 6.92 Å². The lowest BCUT2D eigenvalue weighted by molar-refractivity contribution is 0.0986. The van der Waals surface area contributed by atoms with E-state index in [1.54, 1.807) is 17.5 Å². The van der Waals surface area contributed by atoms with Crippen molar-refractivity contribution in [2.75, 3.05) is 13.2 Å². The number of fused-ring (bicyclic) bond motifs is 1. The zero-order valence-corrected chi connectivity index (χ0v) is 13.3. The monoisotopic (exact) mass is 294 g/mol. The van der Waals surface area contributed by atoms with E-state index in [1.807, 2.05) is 6.07 Å². The van der Waals surface area contributed by atoms with E-state index in [2.05, 4.69) is 44.1 Å². The molecule has 2 N–H and O–H groups in total. The predicted octanol–water partition coefficient (Wildman–Crippen LogP) is 2.73. The highest BCUT2D eigenvalue weighted by Gasteiger charge is 2.14. The molecule has 0 aliphatic carbocycles. The average molecular weight is 294 g/mol. The molecular weight excluding hydrogens is 272 g/mol. The number of nitrogens with one attached hydrogen (secondary N) is 1. The Hall–Kier alpha value is -1.17. The van der Waals surface area contributed by atoms with E-state index in [1.165, 1.54) is 4.88 Å². The quantitative estimate of drug-likeness (QED) is 0.890. The van der Waals surface area contributed by atoms with Crippen LogP contribution in [0.25, 0.3) is 10.1 Å². The third-order valence-electron chi connectivity index (χ3n) is 2.81. The van der Waals surface area contributed by atoms with E-state index >= 15 is 0 Å². The normalized spacial score (nSPS) is 13.7. The van der Waals surface area contributed by atoms with Crippen molar-refractivity contribution in [2.24, 2.45) is 0 Å². The summed E-state index contributed by atoms with van der Waals surface area (Å²) in [6.07, 6.45) is 1.19. The molecule has 110 valence electrons. The van der Waals surface area contributed by atoms with Crippen molar-refractivity contribution in [2.45, 2.75) is 39.3 Å². The molecule has 0 aromatic carbocycles. The largest absolute Gasteiger partial charge is 0.474 e. The van der Waals surface area contributed by atoms with Crippen LogP contribution in [0.3, 0.4) is 0 Å². The van der Waals surface area contributed by atoms with Gasteiger partial charge in [0.1, 0.15) is 12.7 Å². The summed E-state index contributed by atoms with van der Waals surface area (Å²) in [5.74, 6) is 0.599. The molecule has 0 aliphatic rings. The average Bonchev–Trinajstić information content (AvgIpc) is 2.73. The van der Waals surface area contributed by atoms with Crippen LogP contribution in [0.1, 0.15) is 25.6 Å². The predicted molar refractivity (Wildman–Crippen MR) is 83.6 cm³/mol. The molecule has 2 heterocycles. The number of nitrogens with zero attached hydrogens (tertiary/aromatic N) is 1. The van der Waals surface area contributed by atoms with Gasteiger partial charge in [-0.15, -0.1) is 11.3 Å². The SMILES string of the molecule is Cc1cc2c(OC[C@@H](O)CNC(C)(C)C)nccc2s1. The Morgan fingerprint density at radius 2 is 2.20 bits per heavy atom. The fourth-order valence-corrected chi connectivity index (χ4v) is 2.75. The number of aryl methyl sites for hydroxylation is 1. The third-order valence-corrected chi connectivity index (χ3v) is 3.83. The molecule has 0 fully saturated rings. The minimum absolute atomic E-state index is 0.0102. The highest BCUT2D eigenvalue weighted by molar-refractivity contribution is 7.19. The Bertz CT molecular complexity index is 575. The topological polar surface area (TPSA) is 54.4 Å². The first-order valence-electron chi connectivity index (χ1n) is 6.76. The minimum Gasteiger partial charge on any atom is -0.474 e. The lowest BCUT2D eigenvalue weighted by atomic mass is 10.1. The van der Waals surface area contributed by atoms with Gasteiger partial charge < -0.3 is 15.2 Å². The molecule has 0 bridgehead atoms. The smallest absolute Gasteiger partial charge is 0.222 e. The number of β-amino-alcohol motifs (C(OH)–C–C–N with tert-alkyl or cyclic N) is 1. The summed E-state index contributed by atoms with van der Waals surface area (Å²) >= 11 is 1.72. The number of aliphatic hydroxyl groups is 1. The summed E-state index contributed by atoms with van der Waals surface area (Å²) in [6.45, 7) is 9.01. The van der Waals surface area contributed by atoms with Crippen LogP contribution < -0.4 is 10.1 Å². The fourth-order valence-electron chi connectivity index (χ4n) is 1.84. The standard InChI is InChI=1S/C15H22N2O2S/c1-10-7-12-13(20-10)5-6-16-14(12)19-9-11(18)8-17-15(2,3)4/h5-7,11,17-18H,8-9H2,1-4H3/t11-/m0/s1. The van der Waals surface area contributed by atoms with Gasteiger partial charge in [0, 0.05) is 27.9 Å². The molecule has 0 amide bonds. The maximum Gasteiger partial charge on any atom is 0.222 e. The Morgan fingerprint density at radius 1 is 1.45 bits per heavy atom. The van der Waals surface area contributed by atoms with Crippen molar-refractivity contribution in [3.05, 3.63) is 23.2 Å². The molecule has 5 heteroatoms. The number of rotatable bonds is 5. The first-order valence-corrected chi connectivity index (χ1v) is 7.58. The molecule has 0 aliphatic heterocycles. The van der Waals surface area contributed by atoms with Gasteiger partial charge in [-0.1, -0.05) is 0 Å². The van der Waals surface area contributed by atoms with Crippen LogP contribution in [0.4, 0.5) is 0 Å². The molecular formula is C15H22N2O2S. The highest BCUT2D eigenvalue weighted by Crippen LogP contribution is 2.30. The highest BCUT2D eigenvalue weighted by atomic mass is 32.1. The Labute approximate surface area is 123 Å². The van der Waals surface area contributed by atoms with Crippen molar-refractivity contribution in [3.63, 3.8) is 0 Å². The maximum atomic E-state index is 9.94. The maximum absolute atomic E-state index is 9.94. The first kappa shape index (κ1) is 15.2. The first-order chi connectivity index (χ1) is 9.35. The number of aliphatic hydroxyl groups excluding tert-OH is 1. The molecule has 2 aromatic rings. The van der Waals surface area contributed by atoms with Gasteiger partial charge in [0.25, 0.3) is 0 Å². The van der Waals surface area contributed by atoms with E-state index in [9.17, 15) is 5.11 Å². The van der Waals surface area contributed by atoms with E-state index in [-0.39, 0.29) is 12.1 Å². The Morgan fingerprint density at radius 3 is 2.90 bits per heavy atom. The molecule has 2 rings (SSSR count). The zero-order valence-electron chi connectivity index (χ0n) is 12.4. The summed E-state index contributed by atoms with van der Waals surface area (Å²) in [7, 11) is 0. The number of pyridine rings is 1. The van der Waals surface area contributed by atoms with Crippen molar-refractivity contribution < 1.29 is 9.84 Å². The van der Waals surface area contributed by atoms with Gasteiger partial charge in [-0.05, 0) is 39.8 Å². The lowest BCUT2D eigenvalue weighted by Crippen LogP contribution is -2.42. The fraction of sp³-hybridized carbons (Fsp3) is 0.533. The number of aromatic nitrogens is 1. The summed E-state index contributed by atoms with van der Waals surface area (Å²) in [4.78, 5) is 5.48. The van der Waals surface area contributed by atoms with Crippen LogP contribution in [0.15, 0.2) is 18.3 Å². The third kappa shape index (κ3) is 4.16. The van der Waals surface area contributed by atoms with Gasteiger partial charge in [-0.3, -0.25) is 0 Å². The molecule has 4 nitrogen and oxygen atoms in total. The van der Waals surface area contributed by atoms with Crippen LogP contribution in [-0.2, 0) is 0 Å². The second-order valence-corrected chi connectivity index (χ2v) is 7.27. The molecule has 20 heavy (non-hydrogen) atoms. The molecule has 0 spiro atoms. The van der Waals surface area contributed by atoms with Crippen LogP contribution >= 0.6 is 11.3 Å². The number of hydrogen-bond donors (Lipinski definition) is 2. The minimum atomic E-state index is -0.550. The van der Waals surface area contributed by atoms with Crippen molar-refractivity contribution in [1.29, 1.82) is 0 Å². The number of ether oxygens (including phenoxy) is 1. The van der Waals surface area contributed by atoms with Gasteiger partial charge in [0.05, 0.1) is 5.39 Å². The van der Waals surface area contributed by atoms with E-state index in [0.717, 1.165) is 10.1 Å². The summed E-state index contributed by atoms with van der Waals surface area (Å²) in [5, 5.41) is 14.2. The van der Waals surface area contributed by atoms with Crippen LogP contribution in [-0.4, -0.2) is 34.9 Å². The number of hydrogen-bond acceptors (Lipinski definition) is 5. The molecule has 0 radical (unpaired) electrons. The Balaban J connectivity index is 1.95. The molecule has 0 saturated heterocycles. The van der Waals surface area contributed by atoms with Gasteiger partial charge in [0.15, 0.2) is 0 Å². The van der Waals surface area contributed by atoms with Crippen LogP contribution in [0.5, 0.6) is 5.88 Å². The second-order valence-electron chi connectivity index (χ2n) is 5.98. The molecule has 2 aromatic heterocycles. The summed E-state index contributed by atoms with van der Waals surface area (Å²) in [6, 6.07) is 4.06. The van der Waals surface area contributed by atoms with Gasteiger partial charge >= 0.3 is 0 Å². The van der Waals surface area contributed by atoms with Crippen LogP contribution in [0.2, 0.25) is 0 Å². The van der Waals surface area contributed by atoms with Gasteiger partial charge in [-0.2, -0.15) is 0 Å². The molecule has 1 atom stereocenters. The van der Waals surface area contributed by atoms with Gasteiger partial charge in [0.2, 0.25) is 5.88 Å². The van der Waals surface area contributed by atoms with E-state index in [4.69, 9.17) is 4.74 Å². The van der Waals surface area contributed by atoms with Crippen molar-refractivity contribution >= 4 is 21.4 Å². The summed E-state index contributed by atoms with van der Waals surface area (Å²) in [5.41, 5.74) is -0.0102. The van der Waals surface area contributed by atoms with E-state index in [0.29, 0.717) is 12.4 Å². The summed E-state index contributed by atoms with van der Waals surface area (Å²) < 4.78 is 6.83. The molecule has 0 saturated carbocycles. The molecule has 0 unspecified atom stereocenters. The van der Waals surface area contributed by atoms with Gasteiger partial charge in [-0.25, -0.2) is 4.98 Å². The second kappa shape index (κ2) is 6.08. The van der Waals surface area contributed by atoms with E-state index < -0.39 is 6.10 Å². The van der Waals surface area contributed by atoms with Crippen molar-refractivity contribution in [3.8, 4) is 5.88 Å².